The molecule has 2 amide bonds. The van der Waals surface area contributed by atoms with E-state index in [0.29, 0.717) is 17.4 Å². The van der Waals surface area contributed by atoms with E-state index < -0.39 is 17.0 Å². The number of hydrogen-bond acceptors (Lipinski definition) is 4. The summed E-state index contributed by atoms with van der Waals surface area (Å²) < 4.78 is 13.8. The van der Waals surface area contributed by atoms with Crippen LogP contribution in [0.25, 0.3) is 0 Å². The third-order valence-electron chi connectivity index (χ3n) is 3.86. The molecule has 0 radical (unpaired) electrons. The highest BCUT2D eigenvalue weighted by atomic mass is 32.2. The fourth-order valence-electron chi connectivity index (χ4n) is 2.54. The number of nitrogens with zero attached hydrogens (tertiary/aromatic N) is 2. The molecule has 1 atom stereocenters. The molecule has 26 heavy (non-hydrogen) atoms. The Bertz CT molecular complexity index is 842. The number of benzene rings is 2. The van der Waals surface area contributed by atoms with Crippen molar-refractivity contribution in [3.05, 3.63) is 60.4 Å². The van der Waals surface area contributed by atoms with Crippen LogP contribution in [-0.4, -0.2) is 33.7 Å². The molecular formula is C19H18FN3O2S. The number of anilines is 1. The van der Waals surface area contributed by atoms with Crippen LogP contribution in [0.1, 0.15) is 13.3 Å². The van der Waals surface area contributed by atoms with E-state index in [1.54, 1.807) is 17.0 Å². The van der Waals surface area contributed by atoms with Gasteiger partial charge >= 0.3 is 0 Å². The van der Waals surface area contributed by atoms with Crippen LogP contribution in [-0.2, 0) is 9.59 Å². The second-order valence-electron chi connectivity index (χ2n) is 5.65. The maximum absolute atomic E-state index is 13.8. The number of thioether (sulfide) groups is 1. The van der Waals surface area contributed by atoms with Gasteiger partial charge in [0.15, 0.2) is 5.17 Å². The highest BCUT2D eigenvalue weighted by Gasteiger charge is 2.35. The van der Waals surface area contributed by atoms with Crippen LogP contribution in [0.5, 0.6) is 0 Å². The fourth-order valence-corrected chi connectivity index (χ4v) is 3.70. The Morgan fingerprint density at radius 2 is 1.92 bits per heavy atom. The van der Waals surface area contributed by atoms with Crippen molar-refractivity contribution in [2.24, 2.45) is 4.99 Å². The molecule has 1 unspecified atom stereocenters. The van der Waals surface area contributed by atoms with E-state index in [0.717, 1.165) is 0 Å². The van der Waals surface area contributed by atoms with Crippen molar-refractivity contribution in [2.75, 3.05) is 11.9 Å². The average molecular weight is 371 g/mol. The summed E-state index contributed by atoms with van der Waals surface area (Å²) >= 11 is 1.22. The van der Waals surface area contributed by atoms with Crippen LogP contribution in [0.2, 0.25) is 0 Å². The molecule has 2 aromatic carbocycles. The van der Waals surface area contributed by atoms with Gasteiger partial charge in [-0.3, -0.25) is 14.5 Å². The lowest BCUT2D eigenvalue weighted by atomic mass is 10.2. The van der Waals surface area contributed by atoms with Crippen molar-refractivity contribution in [2.45, 2.75) is 18.6 Å². The number of para-hydroxylation sites is 2. The van der Waals surface area contributed by atoms with Gasteiger partial charge in [-0.2, -0.15) is 0 Å². The Labute approximate surface area is 155 Å². The van der Waals surface area contributed by atoms with Crippen molar-refractivity contribution in [3.63, 3.8) is 0 Å². The van der Waals surface area contributed by atoms with E-state index in [1.165, 1.54) is 23.9 Å². The first kappa shape index (κ1) is 18.1. The predicted molar refractivity (Wildman–Crippen MR) is 102 cm³/mol. The lowest BCUT2D eigenvalue weighted by Gasteiger charge is -2.30. The van der Waals surface area contributed by atoms with Crippen molar-refractivity contribution < 1.29 is 14.0 Å². The number of halogens is 1. The monoisotopic (exact) mass is 371 g/mol. The van der Waals surface area contributed by atoms with Gasteiger partial charge in [0.05, 0.1) is 11.4 Å². The molecule has 0 aliphatic carbocycles. The van der Waals surface area contributed by atoms with E-state index >= 15 is 0 Å². The zero-order valence-electron chi connectivity index (χ0n) is 14.2. The number of carbonyl (C=O) groups excluding carboxylic acids is 2. The van der Waals surface area contributed by atoms with Crippen molar-refractivity contribution in [1.82, 2.24) is 4.90 Å². The minimum atomic E-state index is -0.660. The topological polar surface area (TPSA) is 61.8 Å². The standard InChI is InChI=1S/C19H18FN3O2S/c1-2-23-17(24)12-16(18(25)22-15-11-7-6-10-14(15)20)26-19(23)21-13-8-4-3-5-9-13/h3-11,16H,2,12H2,1H3,(H,22,25). The second-order valence-corrected chi connectivity index (χ2v) is 6.82. The Kier molecular flexibility index (Phi) is 5.68. The first-order valence-electron chi connectivity index (χ1n) is 8.24. The largest absolute Gasteiger partial charge is 0.323 e. The van der Waals surface area contributed by atoms with Crippen LogP contribution >= 0.6 is 11.8 Å². The summed E-state index contributed by atoms with van der Waals surface area (Å²) in [6.45, 7) is 2.33. The molecule has 1 heterocycles. The summed E-state index contributed by atoms with van der Waals surface area (Å²) in [4.78, 5) is 31.0. The molecule has 1 N–H and O–H groups in total. The molecule has 3 rings (SSSR count). The van der Waals surface area contributed by atoms with Crippen LogP contribution in [0, 0.1) is 5.82 Å². The number of nitrogens with one attached hydrogen (secondary N) is 1. The van der Waals surface area contributed by atoms with E-state index in [9.17, 15) is 14.0 Å². The first-order chi connectivity index (χ1) is 12.6. The van der Waals surface area contributed by atoms with E-state index in [4.69, 9.17) is 0 Å². The minimum absolute atomic E-state index is 0.0482. The molecule has 1 aliphatic heterocycles. The third kappa shape index (κ3) is 4.11. The van der Waals surface area contributed by atoms with Crippen molar-refractivity contribution >= 4 is 40.1 Å². The third-order valence-corrected chi connectivity index (χ3v) is 5.05. The summed E-state index contributed by atoms with van der Waals surface area (Å²) in [7, 11) is 0. The molecule has 5 nitrogen and oxygen atoms in total. The highest BCUT2D eigenvalue weighted by molar-refractivity contribution is 8.15. The van der Waals surface area contributed by atoms with Gasteiger partial charge < -0.3 is 5.32 Å². The van der Waals surface area contributed by atoms with E-state index in [-0.39, 0.29) is 18.0 Å². The lowest BCUT2D eigenvalue weighted by Crippen LogP contribution is -2.45. The Morgan fingerprint density at radius 1 is 1.23 bits per heavy atom. The van der Waals surface area contributed by atoms with Gasteiger partial charge in [-0.15, -0.1) is 0 Å². The fraction of sp³-hybridized carbons (Fsp3) is 0.211. The van der Waals surface area contributed by atoms with Crippen LogP contribution in [0.15, 0.2) is 59.6 Å². The summed E-state index contributed by atoms with van der Waals surface area (Å²) in [5.41, 5.74) is 0.807. The normalized spacial score (nSPS) is 18.8. The summed E-state index contributed by atoms with van der Waals surface area (Å²) in [5, 5.41) is 2.37. The quantitative estimate of drug-likeness (QED) is 0.889. The number of amidine groups is 1. The first-order valence-corrected chi connectivity index (χ1v) is 9.12. The zero-order chi connectivity index (χ0) is 18.5. The van der Waals surface area contributed by atoms with Gasteiger partial charge in [0.1, 0.15) is 11.1 Å². The summed E-state index contributed by atoms with van der Waals surface area (Å²) in [6, 6.07) is 15.2. The number of carbonyl (C=O) groups is 2. The molecule has 0 spiro atoms. The van der Waals surface area contributed by atoms with E-state index in [2.05, 4.69) is 10.3 Å². The Morgan fingerprint density at radius 3 is 2.62 bits per heavy atom. The molecule has 2 aromatic rings. The van der Waals surface area contributed by atoms with Gasteiger partial charge in [-0.05, 0) is 31.2 Å². The van der Waals surface area contributed by atoms with Gasteiger partial charge in [-0.25, -0.2) is 9.38 Å². The molecule has 1 saturated heterocycles. The molecule has 0 saturated carbocycles. The van der Waals surface area contributed by atoms with Crippen molar-refractivity contribution in [1.29, 1.82) is 0 Å². The average Bonchev–Trinajstić information content (AvgIpc) is 2.64. The highest BCUT2D eigenvalue weighted by Crippen LogP contribution is 2.29. The van der Waals surface area contributed by atoms with Crippen molar-refractivity contribution in [3.8, 4) is 0 Å². The maximum atomic E-state index is 13.8. The molecule has 1 aliphatic rings. The second kappa shape index (κ2) is 8.14. The van der Waals surface area contributed by atoms with Gasteiger partial charge in [0, 0.05) is 13.0 Å². The van der Waals surface area contributed by atoms with Gasteiger partial charge in [-0.1, -0.05) is 42.1 Å². The molecule has 0 bridgehead atoms. The van der Waals surface area contributed by atoms with Gasteiger partial charge in [0.25, 0.3) is 0 Å². The van der Waals surface area contributed by atoms with Crippen LogP contribution < -0.4 is 5.32 Å². The number of amides is 2. The number of hydrogen-bond donors (Lipinski definition) is 1. The Balaban J connectivity index is 1.81. The Hall–Kier alpha value is -2.67. The number of rotatable bonds is 4. The summed E-state index contributed by atoms with van der Waals surface area (Å²) in [6.07, 6.45) is 0.0482. The molecule has 1 fully saturated rings. The molecule has 134 valence electrons. The smallest absolute Gasteiger partial charge is 0.238 e. The van der Waals surface area contributed by atoms with Crippen LogP contribution in [0.3, 0.4) is 0 Å². The van der Waals surface area contributed by atoms with Gasteiger partial charge in [0.2, 0.25) is 11.8 Å². The minimum Gasteiger partial charge on any atom is -0.323 e. The SMILES string of the molecule is CCN1C(=O)CC(C(=O)Nc2ccccc2F)SC1=Nc1ccccc1. The molecule has 0 aromatic heterocycles. The van der Waals surface area contributed by atoms with E-state index in [1.807, 2.05) is 37.3 Å². The summed E-state index contributed by atoms with van der Waals surface area (Å²) in [5.74, 6) is -1.10. The molecule has 7 heteroatoms. The zero-order valence-corrected chi connectivity index (χ0v) is 15.0. The van der Waals surface area contributed by atoms with Crippen LogP contribution in [0.4, 0.5) is 15.8 Å². The number of aliphatic imine (C=N–C) groups is 1. The maximum Gasteiger partial charge on any atom is 0.238 e. The molecular weight excluding hydrogens is 353 g/mol. The predicted octanol–water partition coefficient (Wildman–Crippen LogP) is 3.81. The lowest BCUT2D eigenvalue weighted by molar-refractivity contribution is -0.129.